The van der Waals surface area contributed by atoms with Gasteiger partial charge in [0.1, 0.15) is 24.4 Å². The van der Waals surface area contributed by atoms with Gasteiger partial charge in [0.05, 0.1) is 25.9 Å². The van der Waals surface area contributed by atoms with E-state index in [2.05, 4.69) is 6.92 Å². The van der Waals surface area contributed by atoms with Crippen molar-refractivity contribution in [3.63, 3.8) is 0 Å². The van der Waals surface area contributed by atoms with Crippen molar-refractivity contribution in [2.24, 2.45) is 0 Å². The molecule has 1 rings (SSSR count). The van der Waals surface area contributed by atoms with Gasteiger partial charge in [0, 0.05) is 6.42 Å². The summed E-state index contributed by atoms with van der Waals surface area (Å²) in [6.07, 6.45) is 1.44. The summed E-state index contributed by atoms with van der Waals surface area (Å²) in [6, 6.07) is 0. The van der Waals surface area contributed by atoms with E-state index in [9.17, 15) is 25.5 Å². The molecule has 0 aromatic heterocycles. The van der Waals surface area contributed by atoms with Gasteiger partial charge in [0.2, 0.25) is 0 Å². The number of hydrogen-bond donors (Lipinski definition) is 6. The summed E-state index contributed by atoms with van der Waals surface area (Å²) in [5.41, 5.74) is 0. The highest BCUT2D eigenvalue weighted by molar-refractivity contribution is 4.98. The van der Waals surface area contributed by atoms with E-state index in [-0.39, 0.29) is 13.0 Å². The van der Waals surface area contributed by atoms with Crippen molar-refractivity contribution in [3.05, 3.63) is 0 Å². The van der Waals surface area contributed by atoms with Gasteiger partial charge in [0.15, 0.2) is 5.79 Å². The lowest BCUT2D eigenvalue weighted by Crippen LogP contribution is -2.67. The van der Waals surface area contributed by atoms with Gasteiger partial charge in [-0.3, -0.25) is 0 Å². The first-order valence-corrected chi connectivity index (χ1v) is 10.2. The first-order valence-electron chi connectivity index (χ1n) is 10.2. The zero-order valence-electron chi connectivity index (χ0n) is 16.4. The van der Waals surface area contributed by atoms with Gasteiger partial charge in [-0.25, -0.2) is 0 Å². The van der Waals surface area contributed by atoms with E-state index in [1.807, 2.05) is 0 Å². The number of aliphatic hydroxyl groups excluding tert-OH is 6. The fourth-order valence-electron chi connectivity index (χ4n) is 3.43. The van der Waals surface area contributed by atoms with E-state index in [1.54, 1.807) is 0 Å². The third-order valence-electron chi connectivity index (χ3n) is 5.11. The van der Waals surface area contributed by atoms with Crippen LogP contribution in [0.4, 0.5) is 0 Å². The van der Waals surface area contributed by atoms with Crippen LogP contribution in [0.25, 0.3) is 0 Å². The normalized spacial score (nSPS) is 32.6. The zero-order chi connectivity index (χ0) is 20.3. The van der Waals surface area contributed by atoms with Crippen LogP contribution in [-0.2, 0) is 9.47 Å². The van der Waals surface area contributed by atoms with Crippen LogP contribution < -0.4 is 0 Å². The number of aliphatic hydroxyl groups is 6. The Bertz CT molecular complexity index is 381. The Morgan fingerprint density at radius 3 is 2.07 bits per heavy atom. The second-order valence-corrected chi connectivity index (χ2v) is 7.44. The van der Waals surface area contributed by atoms with E-state index in [0.717, 1.165) is 19.3 Å². The molecule has 6 N–H and O–H groups in total. The Morgan fingerprint density at radius 1 is 0.926 bits per heavy atom. The maximum Gasteiger partial charge on any atom is 0.200 e. The molecule has 1 fully saturated rings. The van der Waals surface area contributed by atoms with Crippen LogP contribution in [0.15, 0.2) is 0 Å². The smallest absolute Gasteiger partial charge is 0.200 e. The first kappa shape index (κ1) is 24.7. The van der Waals surface area contributed by atoms with Gasteiger partial charge in [-0.2, -0.15) is 0 Å². The molecule has 0 aromatic rings. The zero-order valence-corrected chi connectivity index (χ0v) is 16.4. The summed E-state index contributed by atoms with van der Waals surface area (Å²) >= 11 is 0. The average molecular weight is 395 g/mol. The fraction of sp³-hybridized carbons (Fsp3) is 1.00. The molecule has 6 atom stereocenters. The van der Waals surface area contributed by atoms with Crippen LogP contribution in [0, 0.1) is 0 Å². The molecular formula is C19H38O8. The predicted molar refractivity (Wildman–Crippen MR) is 99.0 cm³/mol. The summed E-state index contributed by atoms with van der Waals surface area (Å²) in [5.74, 6) is -1.80. The van der Waals surface area contributed by atoms with Crippen LogP contribution >= 0.6 is 0 Å². The van der Waals surface area contributed by atoms with Gasteiger partial charge in [-0.1, -0.05) is 51.9 Å². The minimum Gasteiger partial charge on any atom is -0.394 e. The van der Waals surface area contributed by atoms with Crippen LogP contribution in [0.3, 0.4) is 0 Å². The second kappa shape index (κ2) is 13.0. The molecule has 0 aliphatic carbocycles. The molecule has 8 nitrogen and oxygen atoms in total. The summed E-state index contributed by atoms with van der Waals surface area (Å²) in [5, 5.41) is 58.7. The van der Waals surface area contributed by atoms with Crippen molar-refractivity contribution in [2.45, 2.75) is 101 Å². The Kier molecular flexibility index (Phi) is 11.9. The molecule has 27 heavy (non-hydrogen) atoms. The Labute approximate surface area is 161 Å². The van der Waals surface area contributed by atoms with Crippen LogP contribution in [0.2, 0.25) is 0 Å². The van der Waals surface area contributed by atoms with Crippen molar-refractivity contribution in [1.82, 2.24) is 0 Å². The molecule has 0 radical (unpaired) electrons. The first-order chi connectivity index (χ1) is 12.9. The van der Waals surface area contributed by atoms with Crippen molar-refractivity contribution >= 4 is 0 Å². The van der Waals surface area contributed by atoms with Crippen LogP contribution in [0.5, 0.6) is 0 Å². The lowest BCUT2D eigenvalue weighted by molar-refractivity contribution is -0.371. The monoisotopic (exact) mass is 394 g/mol. The highest BCUT2D eigenvalue weighted by Crippen LogP contribution is 2.35. The minimum absolute atomic E-state index is 0.227. The molecule has 0 saturated carbocycles. The summed E-state index contributed by atoms with van der Waals surface area (Å²) in [6.45, 7) is 1.26. The quantitative estimate of drug-likeness (QED) is 0.227. The molecule has 0 spiro atoms. The predicted octanol–water partition coefficient (Wildman–Crippen LogP) is 0.0571. The Hall–Kier alpha value is -0.320. The van der Waals surface area contributed by atoms with Crippen molar-refractivity contribution in [2.75, 3.05) is 19.8 Å². The van der Waals surface area contributed by atoms with Crippen LogP contribution in [-0.4, -0.2) is 86.8 Å². The highest BCUT2D eigenvalue weighted by Gasteiger charge is 2.54. The summed E-state index contributed by atoms with van der Waals surface area (Å²) in [7, 11) is 0. The van der Waals surface area contributed by atoms with Gasteiger partial charge in [0.25, 0.3) is 0 Å². The van der Waals surface area contributed by atoms with Gasteiger partial charge < -0.3 is 40.1 Å². The van der Waals surface area contributed by atoms with E-state index < -0.39 is 49.5 Å². The molecule has 1 heterocycles. The molecular weight excluding hydrogens is 356 g/mol. The molecule has 8 heteroatoms. The van der Waals surface area contributed by atoms with Crippen molar-refractivity contribution in [1.29, 1.82) is 0 Å². The number of unbranched alkanes of at least 4 members (excludes halogenated alkanes) is 7. The molecule has 0 aromatic carbocycles. The number of rotatable bonds is 14. The van der Waals surface area contributed by atoms with Gasteiger partial charge in [-0.15, -0.1) is 0 Å². The second-order valence-electron chi connectivity index (χ2n) is 7.44. The molecule has 162 valence electrons. The topological polar surface area (TPSA) is 140 Å². The third kappa shape index (κ3) is 7.55. The summed E-state index contributed by atoms with van der Waals surface area (Å²) < 4.78 is 11.3. The lowest BCUT2D eigenvalue weighted by Gasteiger charge is -2.48. The van der Waals surface area contributed by atoms with Crippen LogP contribution in [0.1, 0.15) is 64.7 Å². The molecule has 1 aliphatic rings. The largest absolute Gasteiger partial charge is 0.394 e. The molecule has 0 amide bonds. The molecule has 0 bridgehead atoms. The minimum atomic E-state index is -1.80. The fourth-order valence-corrected chi connectivity index (χ4v) is 3.43. The Morgan fingerprint density at radius 2 is 1.52 bits per heavy atom. The van der Waals surface area contributed by atoms with E-state index >= 15 is 0 Å². The van der Waals surface area contributed by atoms with Gasteiger partial charge >= 0.3 is 0 Å². The number of hydrogen-bond acceptors (Lipinski definition) is 8. The molecule has 1 saturated heterocycles. The maximum absolute atomic E-state index is 10.4. The lowest BCUT2D eigenvalue weighted by atomic mass is 9.89. The molecule has 1 aliphatic heterocycles. The van der Waals surface area contributed by atoms with Crippen molar-refractivity contribution in [3.8, 4) is 0 Å². The van der Waals surface area contributed by atoms with E-state index in [0.29, 0.717) is 6.42 Å². The summed E-state index contributed by atoms with van der Waals surface area (Å²) in [4.78, 5) is 0. The SMILES string of the molecule is CCCCCCCCCCOC1(CC(O)CO)O[C@H](CO)[C@@H](O)[C@H](O)[C@H]1O. The standard InChI is InChI=1S/C19H38O8/c1-2-3-4-5-6-7-8-9-10-26-19(11-14(22)12-20)18(25)17(24)16(23)15(13-21)27-19/h14-18,20-25H,2-13H2,1H3/t14?,15-,16-,17+,18-,19?/m1/s1. The highest BCUT2D eigenvalue weighted by atomic mass is 16.7. The molecule has 2 unspecified atom stereocenters. The van der Waals surface area contributed by atoms with E-state index in [1.165, 1.54) is 25.7 Å². The number of ether oxygens (including phenoxy) is 2. The van der Waals surface area contributed by atoms with E-state index in [4.69, 9.17) is 14.6 Å². The third-order valence-corrected chi connectivity index (χ3v) is 5.11. The van der Waals surface area contributed by atoms with Gasteiger partial charge in [-0.05, 0) is 6.42 Å². The maximum atomic E-state index is 10.4. The van der Waals surface area contributed by atoms with Crippen molar-refractivity contribution < 1.29 is 40.1 Å². The average Bonchev–Trinajstić information content (AvgIpc) is 2.67. The Balaban J connectivity index is 2.56.